The SMILES string of the molecule is O=c1[nH]c2c(cnn2C2CCC2)cc1Br. The second kappa shape index (κ2) is 3.20. The highest BCUT2D eigenvalue weighted by Gasteiger charge is 2.22. The van der Waals surface area contributed by atoms with Crippen LogP contribution in [0.3, 0.4) is 0 Å². The minimum atomic E-state index is -0.0939. The highest BCUT2D eigenvalue weighted by atomic mass is 79.9. The van der Waals surface area contributed by atoms with Crippen LogP contribution in [0.25, 0.3) is 11.0 Å². The third-order valence-corrected chi connectivity index (χ3v) is 3.56. The summed E-state index contributed by atoms with van der Waals surface area (Å²) in [6.07, 6.45) is 5.38. The number of nitrogens with zero attached hydrogens (tertiary/aromatic N) is 2. The Hall–Kier alpha value is -1.10. The Morgan fingerprint density at radius 1 is 1.53 bits per heavy atom. The maximum absolute atomic E-state index is 11.5. The van der Waals surface area contributed by atoms with Gasteiger partial charge in [-0.2, -0.15) is 5.10 Å². The Morgan fingerprint density at radius 2 is 2.33 bits per heavy atom. The van der Waals surface area contributed by atoms with Crippen LogP contribution in [0.1, 0.15) is 25.3 Å². The van der Waals surface area contributed by atoms with Crippen molar-refractivity contribution in [2.45, 2.75) is 25.3 Å². The number of hydrogen-bond donors (Lipinski definition) is 1. The molecule has 15 heavy (non-hydrogen) atoms. The zero-order valence-corrected chi connectivity index (χ0v) is 9.62. The molecule has 0 amide bonds. The highest BCUT2D eigenvalue weighted by molar-refractivity contribution is 9.10. The standard InChI is InChI=1S/C10H10BrN3O/c11-8-4-6-5-12-14(7-2-1-3-7)9(6)13-10(8)15/h4-5,7H,1-3H2,(H,13,15). The summed E-state index contributed by atoms with van der Waals surface area (Å²) in [5.74, 6) is 0. The molecule has 0 aromatic carbocycles. The first-order valence-electron chi connectivity index (χ1n) is 5.02. The van der Waals surface area contributed by atoms with Crippen molar-refractivity contribution in [1.29, 1.82) is 0 Å². The lowest BCUT2D eigenvalue weighted by Gasteiger charge is -2.25. The molecular weight excluding hydrogens is 258 g/mol. The van der Waals surface area contributed by atoms with E-state index in [1.165, 1.54) is 6.42 Å². The summed E-state index contributed by atoms with van der Waals surface area (Å²) >= 11 is 3.21. The van der Waals surface area contributed by atoms with Gasteiger partial charge in [0.1, 0.15) is 5.65 Å². The van der Waals surface area contributed by atoms with Gasteiger partial charge in [-0.1, -0.05) is 0 Å². The van der Waals surface area contributed by atoms with E-state index in [2.05, 4.69) is 26.0 Å². The second-order valence-electron chi connectivity index (χ2n) is 3.92. The molecule has 1 fully saturated rings. The fraction of sp³-hybridized carbons (Fsp3) is 0.400. The fourth-order valence-electron chi connectivity index (χ4n) is 1.89. The number of fused-ring (bicyclic) bond motifs is 1. The summed E-state index contributed by atoms with van der Waals surface area (Å²) in [4.78, 5) is 14.3. The molecule has 1 saturated carbocycles. The van der Waals surface area contributed by atoms with Gasteiger partial charge < -0.3 is 4.98 Å². The molecule has 0 spiro atoms. The zero-order valence-electron chi connectivity index (χ0n) is 8.03. The first kappa shape index (κ1) is 9.15. The molecule has 5 heteroatoms. The van der Waals surface area contributed by atoms with E-state index in [0.29, 0.717) is 10.5 Å². The molecule has 2 aromatic rings. The number of aromatic amines is 1. The predicted molar refractivity (Wildman–Crippen MR) is 60.9 cm³/mol. The maximum Gasteiger partial charge on any atom is 0.263 e. The molecular formula is C10H10BrN3O. The number of rotatable bonds is 1. The Morgan fingerprint density at radius 3 is 3.00 bits per heavy atom. The van der Waals surface area contributed by atoms with Crippen molar-refractivity contribution in [3.05, 3.63) is 27.1 Å². The quantitative estimate of drug-likeness (QED) is 0.862. The second-order valence-corrected chi connectivity index (χ2v) is 4.78. The van der Waals surface area contributed by atoms with E-state index in [1.807, 2.05) is 10.7 Å². The van der Waals surface area contributed by atoms with Gasteiger partial charge >= 0.3 is 0 Å². The van der Waals surface area contributed by atoms with Gasteiger partial charge in [0.2, 0.25) is 0 Å². The topological polar surface area (TPSA) is 50.7 Å². The van der Waals surface area contributed by atoms with Crippen molar-refractivity contribution in [2.24, 2.45) is 0 Å². The smallest absolute Gasteiger partial charge is 0.263 e. The van der Waals surface area contributed by atoms with E-state index in [1.54, 1.807) is 6.20 Å². The number of pyridine rings is 1. The molecule has 2 heterocycles. The molecule has 0 unspecified atom stereocenters. The summed E-state index contributed by atoms with van der Waals surface area (Å²) in [5.41, 5.74) is 0.747. The minimum absolute atomic E-state index is 0.0939. The van der Waals surface area contributed by atoms with E-state index >= 15 is 0 Å². The van der Waals surface area contributed by atoms with Gasteiger partial charge in [0.05, 0.1) is 16.7 Å². The fourth-order valence-corrected chi connectivity index (χ4v) is 2.23. The van der Waals surface area contributed by atoms with E-state index in [-0.39, 0.29) is 5.56 Å². The van der Waals surface area contributed by atoms with Crippen molar-refractivity contribution < 1.29 is 0 Å². The van der Waals surface area contributed by atoms with Crippen LogP contribution >= 0.6 is 15.9 Å². The van der Waals surface area contributed by atoms with Crippen molar-refractivity contribution in [2.75, 3.05) is 0 Å². The van der Waals surface area contributed by atoms with Crippen LogP contribution in [-0.2, 0) is 0 Å². The number of aromatic nitrogens is 3. The Labute approximate surface area is 94.4 Å². The molecule has 0 bridgehead atoms. The van der Waals surface area contributed by atoms with E-state index in [9.17, 15) is 4.79 Å². The van der Waals surface area contributed by atoms with Gasteiger partial charge in [0, 0.05) is 5.39 Å². The van der Waals surface area contributed by atoms with E-state index in [4.69, 9.17) is 0 Å². The Bertz CT molecular complexity index is 568. The molecule has 78 valence electrons. The maximum atomic E-state index is 11.5. The third kappa shape index (κ3) is 1.33. The first-order valence-corrected chi connectivity index (χ1v) is 5.81. The summed E-state index contributed by atoms with van der Waals surface area (Å²) in [6.45, 7) is 0. The van der Waals surface area contributed by atoms with Crippen LogP contribution in [-0.4, -0.2) is 14.8 Å². The molecule has 0 radical (unpaired) electrons. The third-order valence-electron chi connectivity index (χ3n) is 2.98. The van der Waals surface area contributed by atoms with Crippen molar-refractivity contribution in [1.82, 2.24) is 14.8 Å². The van der Waals surface area contributed by atoms with Gasteiger partial charge in [-0.05, 0) is 41.3 Å². The number of nitrogens with one attached hydrogen (secondary N) is 1. The van der Waals surface area contributed by atoms with Gasteiger partial charge in [0.15, 0.2) is 0 Å². The summed E-state index contributed by atoms with van der Waals surface area (Å²) < 4.78 is 2.50. The largest absolute Gasteiger partial charge is 0.306 e. The van der Waals surface area contributed by atoms with Crippen molar-refractivity contribution in [3.63, 3.8) is 0 Å². The highest BCUT2D eigenvalue weighted by Crippen LogP contribution is 2.32. The lowest BCUT2D eigenvalue weighted by molar-refractivity contribution is 0.296. The molecule has 0 atom stereocenters. The van der Waals surface area contributed by atoms with Crippen LogP contribution in [0.2, 0.25) is 0 Å². The van der Waals surface area contributed by atoms with Crippen molar-refractivity contribution in [3.8, 4) is 0 Å². The molecule has 4 nitrogen and oxygen atoms in total. The molecule has 3 rings (SSSR count). The number of H-pyrrole nitrogens is 1. The summed E-state index contributed by atoms with van der Waals surface area (Å²) in [6, 6.07) is 2.29. The summed E-state index contributed by atoms with van der Waals surface area (Å²) in [7, 11) is 0. The van der Waals surface area contributed by atoms with Gasteiger partial charge in [-0.25, -0.2) is 4.68 Å². The number of hydrogen-bond acceptors (Lipinski definition) is 2. The lowest BCUT2D eigenvalue weighted by Crippen LogP contribution is -2.19. The average molecular weight is 268 g/mol. The zero-order chi connectivity index (χ0) is 10.4. The van der Waals surface area contributed by atoms with Gasteiger partial charge in [-0.15, -0.1) is 0 Å². The predicted octanol–water partition coefficient (Wildman–Crippen LogP) is 2.21. The van der Waals surface area contributed by atoms with Gasteiger partial charge in [-0.3, -0.25) is 4.79 Å². The molecule has 0 saturated heterocycles. The first-order chi connectivity index (χ1) is 7.25. The van der Waals surface area contributed by atoms with Crippen molar-refractivity contribution >= 4 is 27.0 Å². The monoisotopic (exact) mass is 267 g/mol. The van der Waals surface area contributed by atoms with Crippen LogP contribution in [0.4, 0.5) is 0 Å². The molecule has 1 N–H and O–H groups in total. The van der Waals surface area contributed by atoms with Crippen LogP contribution < -0.4 is 5.56 Å². The normalized spacial score (nSPS) is 16.9. The van der Waals surface area contributed by atoms with E-state index in [0.717, 1.165) is 23.9 Å². The van der Waals surface area contributed by atoms with Crippen LogP contribution in [0.15, 0.2) is 21.5 Å². The Balaban J connectivity index is 2.24. The van der Waals surface area contributed by atoms with Crippen LogP contribution in [0, 0.1) is 0 Å². The van der Waals surface area contributed by atoms with Gasteiger partial charge in [0.25, 0.3) is 5.56 Å². The average Bonchev–Trinajstić information content (AvgIpc) is 2.48. The van der Waals surface area contributed by atoms with E-state index < -0.39 is 0 Å². The summed E-state index contributed by atoms with van der Waals surface area (Å²) in [5, 5.41) is 5.31. The lowest BCUT2D eigenvalue weighted by atomic mass is 9.93. The molecule has 1 aliphatic rings. The Kier molecular flexibility index (Phi) is 1.95. The number of halogens is 1. The molecule has 2 aromatic heterocycles. The molecule has 0 aliphatic heterocycles. The minimum Gasteiger partial charge on any atom is -0.306 e. The van der Waals surface area contributed by atoms with Crippen LogP contribution in [0.5, 0.6) is 0 Å². The molecule has 1 aliphatic carbocycles.